The van der Waals surface area contributed by atoms with Crippen molar-refractivity contribution in [2.75, 3.05) is 13.7 Å². The second kappa shape index (κ2) is 25.3. The highest BCUT2D eigenvalue weighted by molar-refractivity contribution is 6.76. The molecule has 2 heterocycles. The smallest absolute Gasteiger partial charge is 0.303 e. The molecule has 0 radical (unpaired) electrons. The van der Waals surface area contributed by atoms with Crippen LogP contribution in [0.5, 0.6) is 5.75 Å². The third-order valence-electron chi connectivity index (χ3n) is 11.3. The van der Waals surface area contributed by atoms with Crippen molar-refractivity contribution in [3.63, 3.8) is 0 Å². The summed E-state index contributed by atoms with van der Waals surface area (Å²) < 4.78 is 69.0. The number of carbonyl (C=O) groups is 1. The van der Waals surface area contributed by atoms with Crippen LogP contribution in [0.25, 0.3) is 0 Å². The summed E-state index contributed by atoms with van der Waals surface area (Å²) in [6, 6.07) is 45.8. The van der Waals surface area contributed by atoms with Crippen LogP contribution in [0.3, 0.4) is 0 Å². The van der Waals surface area contributed by atoms with Gasteiger partial charge >= 0.3 is 5.97 Å². The molecule has 0 saturated carbocycles. The number of hydrogen-bond donors (Lipinski definition) is 1. The van der Waals surface area contributed by atoms with Gasteiger partial charge in [0.15, 0.2) is 12.4 Å². The lowest BCUT2D eigenvalue weighted by molar-refractivity contribution is -0.365. The van der Waals surface area contributed by atoms with Gasteiger partial charge in [-0.05, 0) is 46.9 Å². The van der Waals surface area contributed by atoms with Crippen LogP contribution in [0.1, 0.15) is 41.7 Å². The summed E-state index contributed by atoms with van der Waals surface area (Å²) in [5, 5.41) is 8.64. The maximum Gasteiger partial charge on any atom is 0.303 e. The first-order valence-electron chi connectivity index (χ1n) is 22.2. The minimum absolute atomic E-state index is 0.0680. The molecule has 13 nitrogen and oxygen atoms in total. The van der Waals surface area contributed by atoms with Crippen LogP contribution in [0.2, 0.25) is 0 Å². The Morgan fingerprint density at radius 1 is 0.544 bits per heavy atom. The quantitative estimate of drug-likeness (QED) is 0.0324. The molecule has 0 unspecified atom stereocenters. The van der Waals surface area contributed by atoms with Gasteiger partial charge < -0.3 is 52.1 Å². The van der Waals surface area contributed by atoms with Crippen molar-refractivity contribution >= 4 is 46.7 Å². The molecule has 2 saturated heterocycles. The topological polar surface area (TPSA) is 142 Å². The summed E-state index contributed by atoms with van der Waals surface area (Å²) in [7, 11) is 1.61. The molecule has 7 rings (SSSR count). The van der Waals surface area contributed by atoms with Gasteiger partial charge in [0.1, 0.15) is 42.4 Å². The first-order valence-corrected chi connectivity index (χ1v) is 23.4. The van der Waals surface area contributed by atoms with Gasteiger partial charge in [0.25, 0.3) is 3.79 Å². The lowest BCUT2D eigenvalue weighted by Gasteiger charge is -2.49. The van der Waals surface area contributed by atoms with Gasteiger partial charge in [0.05, 0.1) is 52.9 Å². The van der Waals surface area contributed by atoms with E-state index in [4.69, 9.17) is 92.3 Å². The molecule has 1 N–H and O–H groups in total. The summed E-state index contributed by atoms with van der Waals surface area (Å²) in [5.41, 5.74) is 4.34. The fourth-order valence-electron chi connectivity index (χ4n) is 7.88. The fraction of sp³-hybridized carbons (Fsp3) is 0.385. The zero-order valence-corrected chi connectivity index (χ0v) is 40.2. The van der Waals surface area contributed by atoms with Crippen molar-refractivity contribution in [1.29, 1.82) is 5.41 Å². The Balaban J connectivity index is 1.27. The molecule has 10 atom stereocenters. The molecule has 2 fully saturated rings. The molecule has 5 aromatic rings. The third kappa shape index (κ3) is 14.7. The predicted molar refractivity (Wildman–Crippen MR) is 255 cm³/mol. The Bertz CT molecular complexity index is 2280. The van der Waals surface area contributed by atoms with Crippen molar-refractivity contribution in [3.05, 3.63) is 173 Å². The fourth-order valence-corrected chi connectivity index (χ4v) is 8.01. The molecule has 68 heavy (non-hydrogen) atoms. The molecular weight excluding hydrogens is 937 g/mol. The van der Waals surface area contributed by atoms with Crippen molar-refractivity contribution in [1.82, 2.24) is 0 Å². The molecule has 362 valence electrons. The Morgan fingerprint density at radius 2 is 0.985 bits per heavy atom. The average Bonchev–Trinajstić information content (AvgIpc) is 3.34. The summed E-state index contributed by atoms with van der Waals surface area (Å²) in [6.07, 6.45) is -10.5. The maximum atomic E-state index is 13.2. The molecule has 0 aromatic heterocycles. The minimum atomic E-state index is -2.25. The van der Waals surface area contributed by atoms with Gasteiger partial charge in [-0.3, -0.25) is 10.2 Å². The monoisotopic (exact) mass is 991 g/mol. The van der Waals surface area contributed by atoms with Gasteiger partial charge in [0.2, 0.25) is 12.2 Å². The molecule has 0 aliphatic carbocycles. The highest BCUT2D eigenvalue weighted by atomic mass is 35.6. The zero-order valence-electron chi connectivity index (χ0n) is 37.9. The Labute approximate surface area is 412 Å². The largest absolute Gasteiger partial charge is 0.497 e. The molecule has 5 aromatic carbocycles. The van der Waals surface area contributed by atoms with Crippen molar-refractivity contribution in [2.24, 2.45) is 0 Å². The van der Waals surface area contributed by atoms with Gasteiger partial charge in [0, 0.05) is 6.92 Å². The number of halogens is 3. The van der Waals surface area contributed by atoms with Crippen LogP contribution in [-0.4, -0.2) is 90.8 Å². The molecular formula is C52H56Cl3NO12. The van der Waals surface area contributed by atoms with E-state index >= 15 is 0 Å². The SMILES string of the molecule is COc1ccc(CO[C@@H]2[C@@H](OCc3ccccc3)[C@@H](OC(C)=O)[C@H](O[C@@H]3[C@H](OCc4ccccc4)[C@@H](OCc4ccccc4)[C@@H](OC(=N)C(Cl)(Cl)Cl)O[C@@H]3COCc3ccccc3)O[C@H]2C)cc1. The van der Waals surface area contributed by atoms with Gasteiger partial charge in [-0.2, -0.15) is 0 Å². The standard InChI is InChI=1S/C52H56Cl3NO12/c1-34-43(60-32-40-24-26-41(58-3)27-25-40)45(61-29-37-18-10-5-11-19-37)48(65-35(2)57)50(64-34)67-44-42(33-59-28-36-16-8-4-9-17-36)66-49(68-51(56)52(53,54)55)47(63-31-39-22-14-7-15-23-39)46(44)62-30-38-20-12-6-13-21-38/h4-27,34,42-50,56H,28-33H2,1-3H3/t34-,42+,43-,44-,45+,46-,47+,48+,49+,50-/m0/s1. The highest BCUT2D eigenvalue weighted by Gasteiger charge is 2.55. The zero-order chi connectivity index (χ0) is 47.9. The highest BCUT2D eigenvalue weighted by Crippen LogP contribution is 2.38. The number of hydrogen-bond acceptors (Lipinski definition) is 13. The van der Waals surface area contributed by atoms with Gasteiger partial charge in [-0.1, -0.05) is 168 Å². The summed E-state index contributed by atoms with van der Waals surface area (Å²) in [4.78, 5) is 13.2. The van der Waals surface area contributed by atoms with Crippen molar-refractivity contribution in [2.45, 2.75) is 112 Å². The van der Waals surface area contributed by atoms with Crippen LogP contribution in [0.4, 0.5) is 0 Å². The van der Waals surface area contributed by atoms with Crippen LogP contribution in [0, 0.1) is 5.41 Å². The van der Waals surface area contributed by atoms with Crippen LogP contribution < -0.4 is 4.74 Å². The van der Waals surface area contributed by atoms with Crippen LogP contribution >= 0.6 is 34.8 Å². The number of carbonyl (C=O) groups excluding carboxylic acids is 1. The average molecular weight is 993 g/mol. The van der Waals surface area contributed by atoms with E-state index in [1.54, 1.807) is 7.11 Å². The number of nitrogens with one attached hydrogen (secondary N) is 1. The second-order valence-corrected chi connectivity index (χ2v) is 18.6. The lowest BCUT2D eigenvalue weighted by atomic mass is 9.96. The minimum Gasteiger partial charge on any atom is -0.497 e. The summed E-state index contributed by atoms with van der Waals surface area (Å²) >= 11 is 18.6. The van der Waals surface area contributed by atoms with Crippen LogP contribution in [0.15, 0.2) is 146 Å². The van der Waals surface area contributed by atoms with E-state index in [1.165, 1.54) is 6.92 Å². The van der Waals surface area contributed by atoms with E-state index < -0.39 is 77.1 Å². The number of benzene rings is 5. The molecule has 2 aliphatic rings. The van der Waals surface area contributed by atoms with E-state index in [9.17, 15) is 4.79 Å². The van der Waals surface area contributed by atoms with E-state index in [0.717, 1.165) is 27.8 Å². The molecule has 0 amide bonds. The number of methoxy groups -OCH3 is 1. The van der Waals surface area contributed by atoms with Gasteiger partial charge in [-0.15, -0.1) is 0 Å². The van der Waals surface area contributed by atoms with E-state index in [0.29, 0.717) is 5.75 Å². The summed E-state index contributed by atoms with van der Waals surface area (Å²) in [6.45, 7) is 3.77. The molecule has 2 aliphatic heterocycles. The first kappa shape index (κ1) is 51.2. The van der Waals surface area contributed by atoms with Crippen molar-refractivity contribution < 1.29 is 56.9 Å². The maximum absolute atomic E-state index is 13.2. The number of rotatable bonds is 21. The van der Waals surface area contributed by atoms with Gasteiger partial charge in [-0.25, -0.2) is 0 Å². The third-order valence-corrected chi connectivity index (χ3v) is 11.8. The number of alkyl halides is 3. The normalized spacial score (nSPS) is 25.0. The number of esters is 1. The Hall–Kier alpha value is -4.61. The van der Waals surface area contributed by atoms with E-state index in [-0.39, 0.29) is 39.6 Å². The van der Waals surface area contributed by atoms with E-state index in [2.05, 4.69) is 0 Å². The second-order valence-electron chi connectivity index (χ2n) is 16.3. The molecule has 0 bridgehead atoms. The Kier molecular flexibility index (Phi) is 19.1. The van der Waals surface area contributed by atoms with Crippen molar-refractivity contribution in [3.8, 4) is 5.75 Å². The lowest BCUT2D eigenvalue weighted by Crippen LogP contribution is -2.66. The number of ether oxygens (including phenoxy) is 11. The molecule has 0 spiro atoms. The Morgan fingerprint density at radius 3 is 1.46 bits per heavy atom. The predicted octanol–water partition coefficient (Wildman–Crippen LogP) is 9.70. The summed E-state index contributed by atoms with van der Waals surface area (Å²) in [5.74, 6) is -0.603. The van der Waals surface area contributed by atoms with Crippen LogP contribution in [-0.2, 0) is 85.2 Å². The van der Waals surface area contributed by atoms with E-state index in [1.807, 2.05) is 153 Å². The first-order chi connectivity index (χ1) is 32.9. The molecule has 16 heteroatoms.